The number of rotatable bonds is 0. The third kappa shape index (κ3) is 0.639. The predicted octanol–water partition coefficient (Wildman–Crippen LogP) is 1.71. The molecule has 10 heavy (non-hydrogen) atoms. The molecule has 0 aliphatic carbocycles. The normalized spacial score (nSPS) is 10.4. The molecule has 1 heterocycles. The van der Waals surface area contributed by atoms with Gasteiger partial charge in [0.2, 0.25) is 0 Å². The zero-order chi connectivity index (χ0) is 6.97. The molecule has 0 amide bonds. The summed E-state index contributed by atoms with van der Waals surface area (Å²) in [6.45, 7) is 0. The summed E-state index contributed by atoms with van der Waals surface area (Å²) in [5.74, 6) is 0.0221. The van der Waals surface area contributed by atoms with Crippen LogP contribution in [0.4, 0.5) is 0 Å². The number of H-pyrrole nitrogens is 1. The molecular formula is C7H5N2O. The Morgan fingerprint density at radius 2 is 2.30 bits per heavy atom. The van der Waals surface area contributed by atoms with E-state index in [-0.39, 0.29) is 5.75 Å². The van der Waals surface area contributed by atoms with Crippen LogP contribution in [0, 0.1) is 0 Å². The van der Waals surface area contributed by atoms with Crippen molar-refractivity contribution in [1.82, 2.24) is 10.2 Å². The topological polar surface area (TPSA) is 48.6 Å². The van der Waals surface area contributed by atoms with Crippen LogP contribution in [0.5, 0.6) is 5.75 Å². The summed E-state index contributed by atoms with van der Waals surface area (Å²) in [6, 6.07) is 4.80. The van der Waals surface area contributed by atoms with Gasteiger partial charge in [0.05, 0.1) is 11.7 Å². The van der Waals surface area contributed by atoms with Crippen LogP contribution in [0.15, 0.2) is 24.4 Å². The maximum Gasteiger partial charge on any atom is 0.179 e. The Balaban J connectivity index is 2.86. The summed E-state index contributed by atoms with van der Waals surface area (Å²) in [6.07, 6.45) is 1.64. The van der Waals surface area contributed by atoms with Gasteiger partial charge in [0.1, 0.15) is 0 Å². The number of benzene rings is 1. The maximum absolute atomic E-state index is 10.7. The average Bonchev–Trinajstić information content (AvgIpc) is 2.33. The summed E-state index contributed by atoms with van der Waals surface area (Å²) in [5, 5.41) is 18.1. The van der Waals surface area contributed by atoms with Gasteiger partial charge in [0, 0.05) is 5.39 Å². The molecule has 0 bridgehead atoms. The number of aromatic amines is 1. The van der Waals surface area contributed by atoms with Gasteiger partial charge in [-0.05, 0) is 18.2 Å². The minimum absolute atomic E-state index is 0.0221. The molecule has 3 heteroatoms. The first-order valence-electron chi connectivity index (χ1n) is 2.96. The van der Waals surface area contributed by atoms with E-state index in [0.717, 1.165) is 10.9 Å². The SMILES string of the molecule is [O]c1ccc2[nH]ncc2c1. The molecule has 3 nitrogen and oxygen atoms in total. The third-order valence-corrected chi connectivity index (χ3v) is 1.41. The fraction of sp³-hybridized carbons (Fsp3) is 0. The second-order valence-electron chi connectivity index (χ2n) is 2.12. The van der Waals surface area contributed by atoms with Crippen molar-refractivity contribution in [2.75, 3.05) is 0 Å². The monoisotopic (exact) mass is 133 g/mol. The van der Waals surface area contributed by atoms with Crippen molar-refractivity contribution in [3.05, 3.63) is 24.4 Å². The van der Waals surface area contributed by atoms with Crippen LogP contribution in [-0.4, -0.2) is 10.2 Å². The Morgan fingerprint density at radius 3 is 3.20 bits per heavy atom. The third-order valence-electron chi connectivity index (χ3n) is 1.41. The van der Waals surface area contributed by atoms with Gasteiger partial charge in [-0.3, -0.25) is 10.2 Å². The Labute approximate surface area is 57.3 Å². The summed E-state index contributed by atoms with van der Waals surface area (Å²) in [4.78, 5) is 0. The predicted molar refractivity (Wildman–Crippen MR) is 36.2 cm³/mol. The lowest BCUT2D eigenvalue weighted by molar-refractivity contribution is 0.355. The first kappa shape index (κ1) is 5.29. The van der Waals surface area contributed by atoms with Crippen LogP contribution in [0.3, 0.4) is 0 Å². The number of fused-ring (bicyclic) bond motifs is 1. The molecule has 2 aromatic rings. The highest BCUT2D eigenvalue weighted by Crippen LogP contribution is 2.16. The van der Waals surface area contributed by atoms with Crippen molar-refractivity contribution in [3.63, 3.8) is 0 Å². The molecule has 0 fully saturated rings. The van der Waals surface area contributed by atoms with Gasteiger partial charge >= 0.3 is 0 Å². The highest BCUT2D eigenvalue weighted by atomic mass is 16.3. The zero-order valence-electron chi connectivity index (χ0n) is 5.16. The number of hydrogen-bond donors (Lipinski definition) is 1. The Morgan fingerprint density at radius 1 is 1.40 bits per heavy atom. The molecule has 2 rings (SSSR count). The molecule has 0 aliphatic rings. The number of nitrogens with zero attached hydrogens (tertiary/aromatic N) is 1. The van der Waals surface area contributed by atoms with E-state index in [4.69, 9.17) is 0 Å². The van der Waals surface area contributed by atoms with Crippen LogP contribution in [0.25, 0.3) is 10.9 Å². The van der Waals surface area contributed by atoms with Crippen LogP contribution >= 0.6 is 0 Å². The van der Waals surface area contributed by atoms with Crippen molar-refractivity contribution < 1.29 is 5.11 Å². The molecule has 1 N–H and O–H groups in total. The van der Waals surface area contributed by atoms with E-state index in [1.54, 1.807) is 18.3 Å². The van der Waals surface area contributed by atoms with Gasteiger partial charge < -0.3 is 0 Å². The highest BCUT2D eigenvalue weighted by Gasteiger charge is 1.95. The number of hydrogen-bond acceptors (Lipinski definition) is 1. The Hall–Kier alpha value is -1.51. The molecule has 1 aromatic heterocycles. The molecule has 0 saturated heterocycles. The maximum atomic E-state index is 10.7. The lowest BCUT2D eigenvalue weighted by Crippen LogP contribution is -1.65. The van der Waals surface area contributed by atoms with Gasteiger partial charge in [-0.25, -0.2) is 0 Å². The van der Waals surface area contributed by atoms with E-state index >= 15 is 0 Å². The summed E-state index contributed by atoms with van der Waals surface area (Å²) in [5.41, 5.74) is 0.902. The minimum Gasteiger partial charge on any atom is -0.290 e. The fourth-order valence-corrected chi connectivity index (χ4v) is 0.921. The first-order chi connectivity index (χ1) is 4.86. The second-order valence-corrected chi connectivity index (χ2v) is 2.12. The number of nitrogens with one attached hydrogen (secondary N) is 1. The second kappa shape index (κ2) is 1.73. The Bertz CT molecular complexity index is 353. The van der Waals surface area contributed by atoms with Gasteiger partial charge in [-0.15, -0.1) is 0 Å². The molecule has 0 saturated carbocycles. The molecule has 0 atom stereocenters. The van der Waals surface area contributed by atoms with E-state index < -0.39 is 0 Å². The van der Waals surface area contributed by atoms with E-state index in [9.17, 15) is 5.11 Å². The molecule has 1 aromatic carbocycles. The summed E-state index contributed by atoms with van der Waals surface area (Å²) in [7, 11) is 0. The van der Waals surface area contributed by atoms with Crippen LogP contribution < -0.4 is 0 Å². The fourth-order valence-electron chi connectivity index (χ4n) is 0.921. The van der Waals surface area contributed by atoms with E-state index in [0.29, 0.717) is 0 Å². The van der Waals surface area contributed by atoms with Crippen molar-refractivity contribution >= 4 is 10.9 Å². The zero-order valence-corrected chi connectivity index (χ0v) is 5.16. The van der Waals surface area contributed by atoms with Gasteiger partial charge in [-0.2, -0.15) is 5.10 Å². The molecule has 0 spiro atoms. The lowest BCUT2D eigenvalue weighted by atomic mass is 10.2. The van der Waals surface area contributed by atoms with E-state index in [1.165, 1.54) is 6.07 Å². The van der Waals surface area contributed by atoms with Crippen molar-refractivity contribution in [2.24, 2.45) is 0 Å². The van der Waals surface area contributed by atoms with Crippen molar-refractivity contribution in [3.8, 4) is 5.75 Å². The van der Waals surface area contributed by atoms with Crippen molar-refractivity contribution in [2.45, 2.75) is 0 Å². The molecule has 0 aliphatic heterocycles. The molecule has 0 unspecified atom stereocenters. The first-order valence-corrected chi connectivity index (χ1v) is 2.96. The van der Waals surface area contributed by atoms with E-state index in [2.05, 4.69) is 10.2 Å². The summed E-state index contributed by atoms with van der Waals surface area (Å²) >= 11 is 0. The van der Waals surface area contributed by atoms with Gasteiger partial charge in [0.25, 0.3) is 0 Å². The smallest absolute Gasteiger partial charge is 0.179 e. The van der Waals surface area contributed by atoms with Gasteiger partial charge in [-0.1, -0.05) is 0 Å². The average molecular weight is 133 g/mol. The summed E-state index contributed by atoms with van der Waals surface area (Å²) < 4.78 is 0. The quantitative estimate of drug-likeness (QED) is 0.584. The van der Waals surface area contributed by atoms with Crippen LogP contribution in [0.1, 0.15) is 0 Å². The lowest BCUT2D eigenvalue weighted by Gasteiger charge is -1.85. The molecular weight excluding hydrogens is 128 g/mol. The van der Waals surface area contributed by atoms with Crippen LogP contribution in [0.2, 0.25) is 0 Å². The van der Waals surface area contributed by atoms with E-state index in [1.807, 2.05) is 0 Å². The van der Waals surface area contributed by atoms with Crippen molar-refractivity contribution in [1.29, 1.82) is 0 Å². The minimum atomic E-state index is 0.0221. The molecule has 49 valence electrons. The van der Waals surface area contributed by atoms with Crippen LogP contribution in [-0.2, 0) is 5.11 Å². The largest absolute Gasteiger partial charge is 0.290 e. The molecule has 1 radical (unpaired) electrons. The number of aromatic nitrogens is 2. The highest BCUT2D eigenvalue weighted by molar-refractivity contribution is 5.79. The van der Waals surface area contributed by atoms with Gasteiger partial charge in [0.15, 0.2) is 5.75 Å². The standard InChI is InChI=1S/C7H5N2O/c10-6-1-2-7-5(3-6)4-8-9-7/h1-4H,(H,8,9). The Kier molecular flexibility index (Phi) is 0.917.